The summed E-state index contributed by atoms with van der Waals surface area (Å²) in [5.74, 6) is -0.0548. The number of hydrogen-bond acceptors (Lipinski definition) is 5. The molecule has 3 aromatic carbocycles. The van der Waals surface area contributed by atoms with Crippen LogP contribution in [0.15, 0.2) is 82.8 Å². The lowest BCUT2D eigenvalue weighted by molar-refractivity contribution is 0.371. The van der Waals surface area contributed by atoms with Crippen LogP contribution >= 0.6 is 11.6 Å². The molecule has 1 heterocycles. The third-order valence-electron chi connectivity index (χ3n) is 5.51. The highest BCUT2D eigenvalue weighted by Gasteiger charge is 2.37. The summed E-state index contributed by atoms with van der Waals surface area (Å²) in [6.07, 6.45) is 0.334. The lowest BCUT2D eigenvalue weighted by Crippen LogP contribution is -2.27. The molecule has 0 saturated heterocycles. The SMILES string of the molecule is CCS(=O)(=O)Nc1cccc(C2=NN(S(=O)(=O)c3ccc(Cl)cc3)[C@H](c3cccc(C)c3)C2)c1. The summed E-state index contributed by atoms with van der Waals surface area (Å²) in [5.41, 5.74) is 3.41. The largest absolute Gasteiger partial charge is 0.284 e. The van der Waals surface area contributed by atoms with Crippen molar-refractivity contribution in [2.75, 3.05) is 10.5 Å². The minimum atomic E-state index is -3.97. The second-order valence-electron chi connectivity index (χ2n) is 8.00. The number of hydrogen-bond donors (Lipinski definition) is 1. The van der Waals surface area contributed by atoms with E-state index in [4.69, 9.17) is 11.6 Å². The molecule has 0 radical (unpaired) electrons. The maximum absolute atomic E-state index is 13.6. The molecule has 34 heavy (non-hydrogen) atoms. The van der Waals surface area contributed by atoms with Gasteiger partial charge in [0.1, 0.15) is 0 Å². The standard InChI is InChI=1S/C24H24ClN3O4S2/c1-3-33(29,30)27-21-9-5-7-18(15-21)23-16-24(19-8-4-6-17(2)14-19)28(26-23)34(31,32)22-12-10-20(25)11-13-22/h4-15,24,27H,3,16H2,1-2H3/t24-/m0/s1. The van der Waals surface area contributed by atoms with Gasteiger partial charge in [0, 0.05) is 17.1 Å². The summed E-state index contributed by atoms with van der Waals surface area (Å²) in [6, 6.07) is 19.9. The quantitative estimate of drug-likeness (QED) is 0.479. The first-order valence-corrected chi connectivity index (χ1v) is 14.1. The molecule has 1 atom stereocenters. The van der Waals surface area contributed by atoms with Gasteiger partial charge in [-0.25, -0.2) is 8.42 Å². The van der Waals surface area contributed by atoms with Gasteiger partial charge in [-0.15, -0.1) is 0 Å². The number of rotatable bonds is 7. The molecule has 0 spiro atoms. The van der Waals surface area contributed by atoms with E-state index in [0.717, 1.165) is 15.5 Å². The van der Waals surface area contributed by atoms with E-state index >= 15 is 0 Å². The third-order valence-corrected chi connectivity index (χ3v) is 8.76. The van der Waals surface area contributed by atoms with Crippen LogP contribution in [0.1, 0.15) is 36.1 Å². The second-order valence-corrected chi connectivity index (χ2v) is 12.2. The Morgan fingerprint density at radius 2 is 1.71 bits per heavy atom. The molecule has 0 amide bonds. The molecule has 0 bridgehead atoms. The molecule has 0 aliphatic carbocycles. The van der Waals surface area contributed by atoms with Gasteiger partial charge >= 0.3 is 0 Å². The van der Waals surface area contributed by atoms with Crippen molar-refractivity contribution in [1.82, 2.24) is 4.41 Å². The molecule has 178 valence electrons. The maximum Gasteiger partial charge on any atom is 0.279 e. The second kappa shape index (κ2) is 9.40. The monoisotopic (exact) mass is 517 g/mol. The minimum Gasteiger partial charge on any atom is -0.284 e. The number of benzene rings is 3. The topological polar surface area (TPSA) is 95.9 Å². The summed E-state index contributed by atoms with van der Waals surface area (Å²) in [6.45, 7) is 3.50. The first-order chi connectivity index (χ1) is 16.1. The maximum atomic E-state index is 13.6. The fourth-order valence-electron chi connectivity index (χ4n) is 3.74. The van der Waals surface area contributed by atoms with Crippen LogP contribution < -0.4 is 4.72 Å². The van der Waals surface area contributed by atoms with Crippen LogP contribution in [0.5, 0.6) is 0 Å². The van der Waals surface area contributed by atoms with Gasteiger partial charge in [0.25, 0.3) is 10.0 Å². The van der Waals surface area contributed by atoms with Gasteiger partial charge in [-0.1, -0.05) is 53.6 Å². The molecule has 0 aromatic heterocycles. The van der Waals surface area contributed by atoms with Gasteiger partial charge in [0.05, 0.1) is 22.4 Å². The molecule has 10 heteroatoms. The third kappa shape index (κ3) is 5.11. The lowest BCUT2D eigenvalue weighted by atomic mass is 9.98. The number of halogens is 1. The average molecular weight is 518 g/mol. The van der Waals surface area contributed by atoms with Crippen molar-refractivity contribution in [1.29, 1.82) is 0 Å². The van der Waals surface area contributed by atoms with Crippen molar-refractivity contribution in [3.05, 3.63) is 94.5 Å². The number of nitrogens with zero attached hydrogens (tertiary/aromatic N) is 2. The first kappa shape index (κ1) is 24.3. The summed E-state index contributed by atoms with van der Waals surface area (Å²) in [7, 11) is -7.43. The van der Waals surface area contributed by atoms with Gasteiger partial charge in [-0.2, -0.15) is 17.9 Å². The zero-order valence-electron chi connectivity index (χ0n) is 18.6. The Hall–Kier alpha value is -2.88. The number of sulfonamides is 2. The highest BCUT2D eigenvalue weighted by Crippen LogP contribution is 2.38. The summed E-state index contributed by atoms with van der Waals surface area (Å²) >= 11 is 5.95. The van der Waals surface area contributed by atoms with Crippen molar-refractivity contribution in [2.24, 2.45) is 5.10 Å². The highest BCUT2D eigenvalue weighted by atomic mass is 35.5. The average Bonchev–Trinajstić information content (AvgIpc) is 3.26. The first-order valence-electron chi connectivity index (χ1n) is 10.6. The van der Waals surface area contributed by atoms with Gasteiger partial charge in [-0.05, 0) is 61.4 Å². The van der Waals surface area contributed by atoms with Crippen LogP contribution in [-0.4, -0.2) is 32.7 Å². The highest BCUT2D eigenvalue weighted by molar-refractivity contribution is 7.92. The Kier molecular flexibility index (Phi) is 6.71. The number of anilines is 1. The van der Waals surface area contributed by atoms with Crippen LogP contribution in [0.25, 0.3) is 0 Å². The van der Waals surface area contributed by atoms with Gasteiger partial charge < -0.3 is 0 Å². The van der Waals surface area contributed by atoms with Crippen LogP contribution in [0.3, 0.4) is 0 Å². The Morgan fingerprint density at radius 3 is 2.38 bits per heavy atom. The van der Waals surface area contributed by atoms with Crippen molar-refractivity contribution in [3.63, 3.8) is 0 Å². The molecule has 0 fully saturated rings. The van der Waals surface area contributed by atoms with Gasteiger partial charge in [0.15, 0.2) is 0 Å². The molecule has 3 aromatic rings. The molecular formula is C24H24ClN3O4S2. The summed E-state index contributed by atoms with van der Waals surface area (Å²) in [4.78, 5) is 0.0870. The van der Waals surface area contributed by atoms with E-state index in [-0.39, 0.29) is 10.6 Å². The van der Waals surface area contributed by atoms with E-state index in [9.17, 15) is 16.8 Å². The fraction of sp³-hybridized carbons (Fsp3) is 0.208. The van der Waals surface area contributed by atoms with Crippen LogP contribution in [0.4, 0.5) is 5.69 Å². The van der Waals surface area contributed by atoms with E-state index < -0.39 is 26.1 Å². The molecular weight excluding hydrogens is 494 g/mol. The smallest absolute Gasteiger partial charge is 0.279 e. The normalized spacial score (nSPS) is 16.4. The lowest BCUT2D eigenvalue weighted by Gasteiger charge is -2.23. The van der Waals surface area contributed by atoms with E-state index in [0.29, 0.717) is 28.4 Å². The van der Waals surface area contributed by atoms with E-state index in [1.54, 1.807) is 31.2 Å². The van der Waals surface area contributed by atoms with Crippen molar-refractivity contribution in [3.8, 4) is 0 Å². The van der Waals surface area contributed by atoms with Gasteiger partial charge in [-0.3, -0.25) is 4.72 Å². The Morgan fingerprint density at radius 1 is 1.00 bits per heavy atom. The molecule has 1 N–H and O–H groups in total. The summed E-state index contributed by atoms with van der Waals surface area (Å²) < 4.78 is 54.8. The van der Waals surface area contributed by atoms with E-state index in [1.807, 2.05) is 31.2 Å². The summed E-state index contributed by atoms with van der Waals surface area (Å²) in [5, 5.41) is 4.96. The van der Waals surface area contributed by atoms with Crippen LogP contribution in [0.2, 0.25) is 5.02 Å². The van der Waals surface area contributed by atoms with Crippen molar-refractivity contribution in [2.45, 2.75) is 31.2 Å². The molecule has 1 aliphatic rings. The van der Waals surface area contributed by atoms with Crippen molar-refractivity contribution >= 4 is 43.0 Å². The van der Waals surface area contributed by atoms with Crippen LogP contribution in [-0.2, 0) is 20.0 Å². The predicted molar refractivity (Wildman–Crippen MR) is 135 cm³/mol. The predicted octanol–water partition coefficient (Wildman–Crippen LogP) is 4.95. The Labute approximate surface area is 205 Å². The minimum absolute atomic E-state index is 0.0548. The molecule has 7 nitrogen and oxygen atoms in total. The zero-order chi connectivity index (χ0) is 24.5. The fourth-order valence-corrected chi connectivity index (χ4v) is 5.93. The zero-order valence-corrected chi connectivity index (χ0v) is 21.0. The Bertz CT molecular complexity index is 1450. The van der Waals surface area contributed by atoms with Crippen molar-refractivity contribution < 1.29 is 16.8 Å². The molecule has 0 unspecified atom stereocenters. The Balaban J connectivity index is 1.77. The number of hydrazone groups is 1. The van der Waals surface area contributed by atoms with Gasteiger partial charge in [0.2, 0.25) is 10.0 Å². The molecule has 4 rings (SSSR count). The molecule has 0 saturated carbocycles. The van der Waals surface area contributed by atoms with Crippen LogP contribution in [0, 0.1) is 6.92 Å². The van der Waals surface area contributed by atoms with E-state index in [1.165, 1.54) is 24.3 Å². The number of nitrogens with one attached hydrogen (secondary N) is 1. The number of aryl methyl sites for hydroxylation is 1. The molecule has 1 aliphatic heterocycles. The van der Waals surface area contributed by atoms with E-state index in [2.05, 4.69) is 9.82 Å².